The molecule has 2 aromatic heterocycles. The molecular formula is C20H23N5O3S. The summed E-state index contributed by atoms with van der Waals surface area (Å²) in [6.07, 6.45) is 1.96. The number of amides is 1. The lowest BCUT2D eigenvalue weighted by Gasteiger charge is -2.29. The van der Waals surface area contributed by atoms with Crippen LogP contribution in [-0.2, 0) is 11.2 Å². The van der Waals surface area contributed by atoms with Crippen molar-refractivity contribution in [1.82, 2.24) is 24.5 Å². The molecule has 1 aliphatic rings. The van der Waals surface area contributed by atoms with Crippen LogP contribution in [0, 0.1) is 13.8 Å². The maximum atomic E-state index is 12.9. The maximum Gasteiger partial charge on any atom is 0.253 e. The van der Waals surface area contributed by atoms with Gasteiger partial charge in [0.25, 0.3) is 5.78 Å². The summed E-state index contributed by atoms with van der Waals surface area (Å²) in [6, 6.07) is 7.56. The SMILES string of the molecule is CSc1nc2nc(C)c(CC(=O)N(C)CC3COc4ccccc4O3)c(C)n2n1. The normalized spacial score (nSPS) is 15.5. The zero-order valence-corrected chi connectivity index (χ0v) is 17.7. The third-order valence-electron chi connectivity index (χ3n) is 5.01. The molecule has 1 atom stereocenters. The van der Waals surface area contributed by atoms with Gasteiger partial charge in [-0.1, -0.05) is 23.9 Å². The van der Waals surface area contributed by atoms with Crippen molar-refractivity contribution >= 4 is 23.4 Å². The smallest absolute Gasteiger partial charge is 0.253 e. The van der Waals surface area contributed by atoms with Crippen molar-refractivity contribution in [2.24, 2.45) is 0 Å². The molecule has 0 fully saturated rings. The Hall–Kier alpha value is -2.81. The Morgan fingerprint density at radius 2 is 2.03 bits per heavy atom. The summed E-state index contributed by atoms with van der Waals surface area (Å²) < 4.78 is 13.4. The van der Waals surface area contributed by atoms with E-state index < -0.39 is 0 Å². The molecule has 3 heterocycles. The van der Waals surface area contributed by atoms with Gasteiger partial charge in [-0.15, -0.1) is 5.10 Å². The fraction of sp³-hybridized carbons (Fsp3) is 0.400. The molecule has 4 rings (SSSR count). The number of aryl methyl sites for hydroxylation is 2. The van der Waals surface area contributed by atoms with Crippen LogP contribution >= 0.6 is 11.8 Å². The second-order valence-electron chi connectivity index (χ2n) is 7.02. The summed E-state index contributed by atoms with van der Waals surface area (Å²) in [6.45, 7) is 4.70. The molecule has 1 aromatic carbocycles. The predicted molar refractivity (Wildman–Crippen MR) is 110 cm³/mol. The molecule has 0 saturated carbocycles. The highest BCUT2D eigenvalue weighted by atomic mass is 32.2. The maximum absolute atomic E-state index is 12.9. The molecule has 8 nitrogen and oxygen atoms in total. The summed E-state index contributed by atoms with van der Waals surface area (Å²) in [4.78, 5) is 23.5. The number of para-hydroxylation sites is 2. The first kappa shape index (κ1) is 19.5. The monoisotopic (exact) mass is 413 g/mol. The lowest BCUT2D eigenvalue weighted by Crippen LogP contribution is -2.42. The number of likely N-dealkylation sites (N-methyl/N-ethyl adjacent to an activating group) is 1. The first-order valence-corrected chi connectivity index (χ1v) is 10.6. The van der Waals surface area contributed by atoms with E-state index in [1.54, 1.807) is 16.5 Å². The Morgan fingerprint density at radius 1 is 1.28 bits per heavy atom. The van der Waals surface area contributed by atoms with Crippen molar-refractivity contribution < 1.29 is 14.3 Å². The van der Waals surface area contributed by atoms with Gasteiger partial charge >= 0.3 is 0 Å². The van der Waals surface area contributed by atoms with E-state index in [-0.39, 0.29) is 18.4 Å². The van der Waals surface area contributed by atoms with Gasteiger partial charge in [-0.3, -0.25) is 4.79 Å². The number of fused-ring (bicyclic) bond motifs is 2. The van der Waals surface area contributed by atoms with Crippen molar-refractivity contribution in [2.75, 3.05) is 26.5 Å². The number of nitrogens with zero attached hydrogens (tertiary/aromatic N) is 5. The van der Waals surface area contributed by atoms with Gasteiger partial charge < -0.3 is 14.4 Å². The van der Waals surface area contributed by atoms with Crippen LogP contribution in [0.2, 0.25) is 0 Å². The van der Waals surface area contributed by atoms with E-state index in [2.05, 4.69) is 15.1 Å². The number of rotatable bonds is 5. The molecule has 3 aromatic rings. The van der Waals surface area contributed by atoms with Gasteiger partial charge in [-0.2, -0.15) is 4.98 Å². The Labute approximate surface area is 173 Å². The molecule has 0 spiro atoms. The summed E-state index contributed by atoms with van der Waals surface area (Å²) in [5.74, 6) is 1.99. The molecule has 0 aliphatic carbocycles. The van der Waals surface area contributed by atoms with E-state index in [0.29, 0.717) is 29.8 Å². The second-order valence-corrected chi connectivity index (χ2v) is 7.79. The van der Waals surface area contributed by atoms with Crippen LogP contribution in [0.25, 0.3) is 5.78 Å². The van der Waals surface area contributed by atoms with E-state index in [0.717, 1.165) is 22.7 Å². The Kier molecular flexibility index (Phi) is 5.31. The van der Waals surface area contributed by atoms with Crippen molar-refractivity contribution in [1.29, 1.82) is 0 Å². The fourth-order valence-electron chi connectivity index (χ4n) is 3.38. The number of benzene rings is 1. The Bertz CT molecular complexity index is 1070. The lowest BCUT2D eigenvalue weighted by molar-refractivity contribution is -0.130. The van der Waals surface area contributed by atoms with Gasteiger partial charge in [-0.25, -0.2) is 9.50 Å². The highest BCUT2D eigenvalue weighted by Gasteiger charge is 2.25. The van der Waals surface area contributed by atoms with Gasteiger partial charge in [0.1, 0.15) is 6.61 Å². The Balaban J connectivity index is 1.46. The molecule has 1 aliphatic heterocycles. The Morgan fingerprint density at radius 3 is 2.79 bits per heavy atom. The molecule has 0 radical (unpaired) electrons. The molecule has 0 bridgehead atoms. The van der Waals surface area contributed by atoms with Gasteiger partial charge in [0.2, 0.25) is 11.1 Å². The number of carbonyl (C=O) groups excluding carboxylic acids is 1. The molecule has 0 saturated heterocycles. The van der Waals surface area contributed by atoms with E-state index in [4.69, 9.17) is 9.47 Å². The largest absolute Gasteiger partial charge is 0.486 e. The van der Waals surface area contributed by atoms with Crippen LogP contribution < -0.4 is 9.47 Å². The minimum atomic E-state index is -0.207. The number of aromatic nitrogens is 4. The zero-order valence-electron chi connectivity index (χ0n) is 16.9. The average Bonchev–Trinajstić information content (AvgIpc) is 3.14. The number of hydrogen-bond donors (Lipinski definition) is 0. The number of thioether (sulfide) groups is 1. The van der Waals surface area contributed by atoms with E-state index >= 15 is 0 Å². The minimum Gasteiger partial charge on any atom is -0.486 e. The third kappa shape index (κ3) is 3.87. The summed E-state index contributed by atoms with van der Waals surface area (Å²) in [7, 11) is 1.78. The zero-order chi connectivity index (χ0) is 20.5. The van der Waals surface area contributed by atoms with Crippen LogP contribution in [0.4, 0.5) is 0 Å². The highest BCUT2D eigenvalue weighted by molar-refractivity contribution is 7.98. The molecule has 1 unspecified atom stereocenters. The predicted octanol–water partition coefficient (Wildman–Crippen LogP) is 2.30. The van der Waals surface area contributed by atoms with Crippen LogP contribution in [0.1, 0.15) is 17.0 Å². The third-order valence-corrected chi connectivity index (χ3v) is 5.55. The van der Waals surface area contributed by atoms with Crippen LogP contribution in [-0.4, -0.2) is 62.9 Å². The minimum absolute atomic E-state index is 0.00925. The molecule has 9 heteroatoms. The first-order valence-electron chi connectivity index (χ1n) is 9.35. The molecule has 152 valence electrons. The van der Waals surface area contributed by atoms with Gasteiger partial charge in [0.05, 0.1) is 13.0 Å². The van der Waals surface area contributed by atoms with Gasteiger partial charge in [0, 0.05) is 24.0 Å². The van der Waals surface area contributed by atoms with Crippen LogP contribution in [0.5, 0.6) is 11.5 Å². The number of hydrogen-bond acceptors (Lipinski definition) is 7. The molecule has 29 heavy (non-hydrogen) atoms. The summed E-state index contributed by atoms with van der Waals surface area (Å²) >= 11 is 1.46. The number of ether oxygens (including phenoxy) is 2. The summed E-state index contributed by atoms with van der Waals surface area (Å²) in [5, 5.41) is 5.11. The van der Waals surface area contributed by atoms with Gasteiger partial charge in [-0.05, 0) is 32.2 Å². The second kappa shape index (κ2) is 7.90. The van der Waals surface area contributed by atoms with Crippen molar-refractivity contribution in [3.63, 3.8) is 0 Å². The van der Waals surface area contributed by atoms with Crippen molar-refractivity contribution in [3.05, 3.63) is 41.2 Å². The van der Waals surface area contributed by atoms with E-state index in [1.165, 1.54) is 11.8 Å². The molecular weight excluding hydrogens is 390 g/mol. The number of carbonyl (C=O) groups is 1. The van der Waals surface area contributed by atoms with Crippen molar-refractivity contribution in [2.45, 2.75) is 31.5 Å². The quantitative estimate of drug-likeness (QED) is 0.594. The lowest BCUT2D eigenvalue weighted by atomic mass is 10.1. The average molecular weight is 414 g/mol. The fourth-order valence-corrected chi connectivity index (χ4v) is 3.72. The van der Waals surface area contributed by atoms with Crippen molar-refractivity contribution in [3.8, 4) is 11.5 Å². The van der Waals surface area contributed by atoms with E-state index in [9.17, 15) is 4.79 Å². The first-order chi connectivity index (χ1) is 14.0. The van der Waals surface area contributed by atoms with Crippen LogP contribution in [0.3, 0.4) is 0 Å². The summed E-state index contributed by atoms with van der Waals surface area (Å²) in [5.41, 5.74) is 2.55. The van der Waals surface area contributed by atoms with E-state index in [1.807, 2.05) is 44.4 Å². The van der Waals surface area contributed by atoms with Crippen LogP contribution in [0.15, 0.2) is 29.4 Å². The topological polar surface area (TPSA) is 81.9 Å². The molecule has 1 amide bonds. The van der Waals surface area contributed by atoms with Gasteiger partial charge in [0.15, 0.2) is 17.6 Å². The molecule has 0 N–H and O–H groups in total. The highest BCUT2D eigenvalue weighted by Crippen LogP contribution is 2.31. The standard InChI is InChI=1S/C20H23N5O3S/c1-12-15(13(2)25-19(21-12)22-20(23-25)29-4)9-18(26)24(3)10-14-11-27-16-7-5-6-8-17(16)28-14/h5-8,14H,9-11H2,1-4H3.